The Hall–Kier alpha value is -1.92. The number of amides is 1. The summed E-state index contributed by atoms with van der Waals surface area (Å²) in [6, 6.07) is 6.62. The lowest BCUT2D eigenvalue weighted by molar-refractivity contribution is -0.170. The Morgan fingerprint density at radius 2 is 1.93 bits per heavy atom. The molecule has 0 spiro atoms. The van der Waals surface area contributed by atoms with Crippen LogP contribution in [0, 0.1) is 11.7 Å². The highest BCUT2D eigenvalue weighted by Crippen LogP contribution is 2.40. The quantitative estimate of drug-likeness (QED) is 0.680. The van der Waals surface area contributed by atoms with Gasteiger partial charge in [-0.2, -0.15) is 0 Å². The van der Waals surface area contributed by atoms with Crippen LogP contribution in [0.25, 0.3) is 0 Å². The first-order valence-corrected chi connectivity index (χ1v) is 11.2. The van der Waals surface area contributed by atoms with Gasteiger partial charge in [0.15, 0.2) is 5.76 Å². The minimum Gasteiger partial charge on any atom is -0.459 e. The first-order valence-electron chi connectivity index (χ1n) is 11.2. The number of hydrogen-bond acceptors (Lipinski definition) is 4. The lowest BCUT2D eigenvalue weighted by atomic mass is 9.80. The summed E-state index contributed by atoms with van der Waals surface area (Å²) in [4.78, 5) is 15.1. The molecule has 0 bridgehead atoms. The van der Waals surface area contributed by atoms with Crippen molar-refractivity contribution in [2.45, 2.75) is 70.1 Å². The molecule has 0 unspecified atom stereocenters. The Morgan fingerprint density at radius 3 is 2.57 bits per heavy atom. The fourth-order valence-electron chi connectivity index (χ4n) is 4.63. The lowest BCUT2D eigenvalue weighted by Gasteiger charge is -2.39. The third-order valence-electron chi connectivity index (χ3n) is 6.32. The van der Waals surface area contributed by atoms with Crippen LogP contribution in [0.5, 0.6) is 0 Å². The van der Waals surface area contributed by atoms with Gasteiger partial charge in [-0.1, -0.05) is 31.4 Å². The maximum absolute atomic E-state index is 13.5. The van der Waals surface area contributed by atoms with Gasteiger partial charge in [0.2, 0.25) is 6.29 Å². The van der Waals surface area contributed by atoms with E-state index >= 15 is 0 Å². The Morgan fingerprint density at radius 1 is 1.23 bits per heavy atom. The largest absolute Gasteiger partial charge is 0.459 e. The summed E-state index contributed by atoms with van der Waals surface area (Å²) in [5, 5.41) is 9.36. The summed E-state index contributed by atoms with van der Waals surface area (Å²) in [6.45, 7) is 2.43. The summed E-state index contributed by atoms with van der Waals surface area (Å²) < 4.78 is 25.5. The second-order valence-corrected chi connectivity index (χ2v) is 8.29. The smallest absolute Gasteiger partial charge is 0.288 e. The number of nitrogens with zero attached hydrogens (tertiary/aromatic N) is 1. The number of carbonyl (C=O) groups is 1. The molecule has 3 rings (SSSR count). The summed E-state index contributed by atoms with van der Waals surface area (Å²) in [5.74, 6) is -0.341. The molecule has 1 heterocycles. The molecule has 6 heteroatoms. The van der Waals surface area contributed by atoms with Gasteiger partial charge >= 0.3 is 0 Å². The zero-order chi connectivity index (χ0) is 21.5. The SMILES string of the molecule is CCO[C@H]1OC(C(=O)N(C)C2CCCCC2)=C[C@@H](c2ccc(F)cc2)[C@@H]1CCCO. The number of aliphatic hydroxyl groups excluding tert-OH is 1. The number of carbonyl (C=O) groups excluding carboxylic acids is 1. The second kappa shape index (κ2) is 10.9. The van der Waals surface area contributed by atoms with Crippen molar-refractivity contribution >= 4 is 5.91 Å². The van der Waals surface area contributed by atoms with Crippen molar-refractivity contribution in [2.75, 3.05) is 20.3 Å². The van der Waals surface area contributed by atoms with E-state index in [4.69, 9.17) is 9.47 Å². The van der Waals surface area contributed by atoms with Gasteiger partial charge in [-0.15, -0.1) is 0 Å². The Bertz CT molecular complexity index is 714. The highest BCUT2D eigenvalue weighted by atomic mass is 19.1. The average Bonchev–Trinajstić information content (AvgIpc) is 2.78. The first kappa shape index (κ1) is 22.8. The summed E-state index contributed by atoms with van der Waals surface area (Å²) >= 11 is 0. The van der Waals surface area contributed by atoms with Crippen molar-refractivity contribution in [3.8, 4) is 0 Å². The van der Waals surface area contributed by atoms with E-state index in [2.05, 4.69) is 0 Å². The van der Waals surface area contributed by atoms with Crippen molar-refractivity contribution < 1.29 is 23.8 Å². The molecule has 1 amide bonds. The zero-order valence-corrected chi connectivity index (χ0v) is 18.1. The number of halogens is 1. The molecule has 0 saturated heterocycles. The maximum Gasteiger partial charge on any atom is 0.288 e. The highest BCUT2D eigenvalue weighted by molar-refractivity contribution is 5.91. The molecule has 1 fully saturated rings. The normalized spacial score (nSPS) is 24.8. The Labute approximate surface area is 178 Å². The van der Waals surface area contributed by atoms with E-state index < -0.39 is 6.29 Å². The fourth-order valence-corrected chi connectivity index (χ4v) is 4.63. The van der Waals surface area contributed by atoms with E-state index in [1.165, 1.54) is 18.6 Å². The van der Waals surface area contributed by atoms with Crippen molar-refractivity contribution in [2.24, 2.45) is 5.92 Å². The molecule has 1 aromatic carbocycles. The van der Waals surface area contributed by atoms with Crippen molar-refractivity contribution in [3.63, 3.8) is 0 Å². The van der Waals surface area contributed by atoms with Gasteiger partial charge in [-0.25, -0.2) is 4.39 Å². The van der Waals surface area contributed by atoms with Crippen LogP contribution in [0.3, 0.4) is 0 Å². The molecule has 1 saturated carbocycles. The molecule has 1 aliphatic heterocycles. The Kier molecular flexibility index (Phi) is 8.28. The van der Waals surface area contributed by atoms with E-state index in [1.54, 1.807) is 12.1 Å². The molecular weight excluding hydrogens is 385 g/mol. The molecule has 1 aromatic rings. The number of likely N-dealkylation sites (N-methyl/N-ethyl adjacent to an activating group) is 1. The molecule has 0 aromatic heterocycles. The molecule has 1 N–H and O–H groups in total. The van der Waals surface area contributed by atoms with Crippen LogP contribution in [0.2, 0.25) is 0 Å². The van der Waals surface area contributed by atoms with Gasteiger partial charge in [-0.3, -0.25) is 4.79 Å². The standard InChI is InChI=1S/C24H34FNO4/c1-3-29-24-20(10-7-15-27)21(17-11-13-18(25)14-12-17)16-22(30-24)23(28)26(2)19-8-5-4-6-9-19/h11-14,16,19-21,24,27H,3-10,15H2,1-2H3/t20-,21-,24-/m0/s1. The summed E-state index contributed by atoms with van der Waals surface area (Å²) in [5.41, 5.74) is 0.915. The van der Waals surface area contributed by atoms with Crippen LogP contribution >= 0.6 is 0 Å². The predicted molar refractivity (Wildman–Crippen MR) is 113 cm³/mol. The fraction of sp³-hybridized carbons (Fsp3) is 0.625. The summed E-state index contributed by atoms with van der Waals surface area (Å²) in [6.07, 6.45) is 8.12. The van der Waals surface area contributed by atoms with Gasteiger partial charge in [0, 0.05) is 38.1 Å². The average molecular weight is 420 g/mol. The van der Waals surface area contributed by atoms with Crippen LogP contribution in [-0.4, -0.2) is 48.5 Å². The Balaban J connectivity index is 1.90. The molecule has 2 aliphatic rings. The number of allylic oxidation sites excluding steroid dienone is 1. The predicted octanol–water partition coefficient (Wildman–Crippen LogP) is 4.37. The van der Waals surface area contributed by atoms with E-state index in [-0.39, 0.29) is 36.2 Å². The molecule has 1 aliphatic carbocycles. The lowest BCUT2D eigenvalue weighted by Crippen LogP contribution is -2.43. The van der Waals surface area contributed by atoms with Crippen LogP contribution < -0.4 is 0 Å². The molecule has 30 heavy (non-hydrogen) atoms. The van der Waals surface area contributed by atoms with Crippen LogP contribution in [0.1, 0.15) is 63.4 Å². The van der Waals surface area contributed by atoms with Gasteiger partial charge in [-0.05, 0) is 56.4 Å². The number of rotatable bonds is 8. The molecule has 0 radical (unpaired) electrons. The van der Waals surface area contributed by atoms with Crippen LogP contribution in [0.4, 0.5) is 4.39 Å². The van der Waals surface area contributed by atoms with Crippen molar-refractivity contribution in [3.05, 3.63) is 47.5 Å². The van der Waals surface area contributed by atoms with E-state index in [0.717, 1.165) is 31.2 Å². The van der Waals surface area contributed by atoms with Crippen LogP contribution in [-0.2, 0) is 14.3 Å². The minimum absolute atomic E-state index is 0.0703. The van der Waals surface area contributed by atoms with Crippen LogP contribution in [0.15, 0.2) is 36.1 Å². The number of benzene rings is 1. The summed E-state index contributed by atoms with van der Waals surface area (Å²) in [7, 11) is 1.85. The topological polar surface area (TPSA) is 59.0 Å². The third kappa shape index (κ3) is 5.41. The molecule has 5 nitrogen and oxygen atoms in total. The van der Waals surface area contributed by atoms with Gasteiger partial charge in [0.25, 0.3) is 5.91 Å². The first-order chi connectivity index (χ1) is 14.5. The van der Waals surface area contributed by atoms with Crippen molar-refractivity contribution in [1.82, 2.24) is 4.90 Å². The highest BCUT2D eigenvalue weighted by Gasteiger charge is 2.39. The second-order valence-electron chi connectivity index (χ2n) is 8.29. The van der Waals surface area contributed by atoms with Gasteiger partial charge in [0.1, 0.15) is 5.82 Å². The number of aliphatic hydroxyl groups is 1. The van der Waals surface area contributed by atoms with Gasteiger partial charge in [0.05, 0.1) is 0 Å². The molecule has 3 atom stereocenters. The van der Waals surface area contributed by atoms with E-state index in [0.29, 0.717) is 25.2 Å². The maximum atomic E-state index is 13.5. The van der Waals surface area contributed by atoms with Crippen molar-refractivity contribution in [1.29, 1.82) is 0 Å². The number of hydrogen-bond donors (Lipinski definition) is 1. The van der Waals surface area contributed by atoms with Gasteiger partial charge < -0.3 is 19.5 Å². The third-order valence-corrected chi connectivity index (χ3v) is 6.32. The molecule has 166 valence electrons. The zero-order valence-electron chi connectivity index (χ0n) is 18.1. The molecular formula is C24H34FNO4. The van der Waals surface area contributed by atoms with E-state index in [9.17, 15) is 14.3 Å². The number of ether oxygens (including phenoxy) is 2. The monoisotopic (exact) mass is 419 g/mol. The van der Waals surface area contributed by atoms with E-state index in [1.807, 2.05) is 24.9 Å². The minimum atomic E-state index is -0.583.